The van der Waals surface area contributed by atoms with Crippen LogP contribution in [-0.2, 0) is 0 Å². The summed E-state index contributed by atoms with van der Waals surface area (Å²) in [4.78, 5) is 0. The largest absolute Gasteiger partial charge is 0.314 e. The maximum Gasteiger partial charge on any atom is 0.0210 e. The van der Waals surface area contributed by atoms with Gasteiger partial charge in [0.15, 0.2) is 0 Å². The second kappa shape index (κ2) is 5.11. The lowest BCUT2D eigenvalue weighted by Gasteiger charge is -2.38. The second-order valence-electron chi connectivity index (χ2n) is 5.59. The third-order valence-corrected chi connectivity index (χ3v) is 5.13. The molecule has 0 atom stereocenters. The van der Waals surface area contributed by atoms with E-state index in [0.29, 0.717) is 0 Å². The molecule has 0 bridgehead atoms. The lowest BCUT2D eigenvalue weighted by Crippen LogP contribution is -2.43. The van der Waals surface area contributed by atoms with Gasteiger partial charge in [0.2, 0.25) is 0 Å². The van der Waals surface area contributed by atoms with E-state index in [0.717, 1.165) is 17.9 Å². The molecule has 0 aromatic heterocycles. The van der Waals surface area contributed by atoms with Crippen molar-refractivity contribution in [2.45, 2.75) is 44.1 Å². The highest BCUT2D eigenvalue weighted by Gasteiger charge is 2.31. The standard InChI is InChI=1S/C15H20BrN/c16-15-7-2-1-6-14(15)12-8-13(9-12)17-10-11-4-3-5-11/h1-2,6-7,11-13,17H,3-5,8-10H2. The van der Waals surface area contributed by atoms with E-state index in [1.54, 1.807) is 0 Å². The van der Waals surface area contributed by atoms with Crippen LogP contribution in [0.1, 0.15) is 43.6 Å². The van der Waals surface area contributed by atoms with Crippen LogP contribution in [0.25, 0.3) is 0 Å². The Morgan fingerprint density at radius 3 is 2.59 bits per heavy atom. The van der Waals surface area contributed by atoms with E-state index in [-0.39, 0.29) is 0 Å². The zero-order chi connectivity index (χ0) is 11.7. The fraction of sp³-hybridized carbons (Fsp3) is 0.600. The molecule has 2 aliphatic carbocycles. The first-order chi connectivity index (χ1) is 8.33. The van der Waals surface area contributed by atoms with E-state index in [9.17, 15) is 0 Å². The van der Waals surface area contributed by atoms with E-state index < -0.39 is 0 Å². The molecule has 92 valence electrons. The second-order valence-corrected chi connectivity index (χ2v) is 6.45. The Labute approximate surface area is 112 Å². The van der Waals surface area contributed by atoms with Crippen LogP contribution in [0.15, 0.2) is 28.7 Å². The first-order valence-corrected chi connectivity index (χ1v) is 7.60. The first kappa shape index (κ1) is 11.7. The van der Waals surface area contributed by atoms with Crippen LogP contribution in [0.2, 0.25) is 0 Å². The van der Waals surface area contributed by atoms with Crippen LogP contribution in [0.5, 0.6) is 0 Å². The monoisotopic (exact) mass is 293 g/mol. The van der Waals surface area contributed by atoms with Crippen LogP contribution in [-0.4, -0.2) is 12.6 Å². The van der Waals surface area contributed by atoms with Crippen LogP contribution < -0.4 is 5.32 Å². The van der Waals surface area contributed by atoms with E-state index in [1.807, 2.05) is 0 Å². The number of hydrogen-bond donors (Lipinski definition) is 1. The Morgan fingerprint density at radius 1 is 1.18 bits per heavy atom. The molecule has 2 heteroatoms. The van der Waals surface area contributed by atoms with Crippen molar-refractivity contribution < 1.29 is 0 Å². The molecule has 1 aromatic rings. The molecule has 1 aromatic carbocycles. The highest BCUT2D eigenvalue weighted by Crippen LogP contribution is 2.40. The van der Waals surface area contributed by atoms with E-state index in [4.69, 9.17) is 0 Å². The van der Waals surface area contributed by atoms with Crippen molar-refractivity contribution in [3.63, 3.8) is 0 Å². The summed E-state index contributed by atoms with van der Waals surface area (Å²) in [5, 5.41) is 3.72. The zero-order valence-corrected chi connectivity index (χ0v) is 11.7. The molecular weight excluding hydrogens is 274 g/mol. The fourth-order valence-electron chi connectivity index (χ4n) is 2.87. The molecule has 0 amide bonds. The molecule has 0 heterocycles. The van der Waals surface area contributed by atoms with E-state index in [2.05, 4.69) is 45.5 Å². The van der Waals surface area contributed by atoms with Gasteiger partial charge in [-0.3, -0.25) is 0 Å². The Morgan fingerprint density at radius 2 is 1.94 bits per heavy atom. The van der Waals surface area contributed by atoms with Gasteiger partial charge >= 0.3 is 0 Å². The van der Waals surface area contributed by atoms with Gasteiger partial charge in [0.25, 0.3) is 0 Å². The quantitative estimate of drug-likeness (QED) is 0.882. The SMILES string of the molecule is Brc1ccccc1C1CC(NCC2CCC2)C1. The van der Waals surface area contributed by atoms with Gasteiger partial charge in [0.1, 0.15) is 0 Å². The summed E-state index contributed by atoms with van der Waals surface area (Å²) in [6.07, 6.45) is 6.99. The van der Waals surface area contributed by atoms with Crippen LogP contribution in [0.3, 0.4) is 0 Å². The van der Waals surface area contributed by atoms with E-state index in [1.165, 1.54) is 48.7 Å². The lowest BCUT2D eigenvalue weighted by atomic mass is 9.75. The van der Waals surface area contributed by atoms with Crippen molar-refractivity contribution in [2.24, 2.45) is 5.92 Å². The van der Waals surface area contributed by atoms with Gasteiger partial charge in [0, 0.05) is 10.5 Å². The molecule has 0 aliphatic heterocycles. The molecule has 1 nitrogen and oxygen atoms in total. The van der Waals surface area contributed by atoms with Crippen molar-refractivity contribution in [3.05, 3.63) is 34.3 Å². The summed E-state index contributed by atoms with van der Waals surface area (Å²) in [7, 11) is 0. The highest BCUT2D eigenvalue weighted by atomic mass is 79.9. The molecule has 2 aliphatic rings. The minimum absolute atomic E-state index is 0.768. The molecule has 0 radical (unpaired) electrons. The molecule has 3 rings (SSSR count). The van der Waals surface area contributed by atoms with Crippen LogP contribution in [0.4, 0.5) is 0 Å². The van der Waals surface area contributed by atoms with Crippen molar-refractivity contribution in [1.29, 1.82) is 0 Å². The Kier molecular flexibility index (Phi) is 3.53. The molecule has 1 N–H and O–H groups in total. The predicted octanol–water partition coefficient (Wildman–Crippen LogP) is 4.08. The minimum Gasteiger partial charge on any atom is -0.314 e. The highest BCUT2D eigenvalue weighted by molar-refractivity contribution is 9.10. The number of rotatable bonds is 4. The van der Waals surface area contributed by atoms with Crippen LogP contribution >= 0.6 is 15.9 Å². The van der Waals surface area contributed by atoms with Crippen molar-refractivity contribution in [2.75, 3.05) is 6.54 Å². The molecule has 0 unspecified atom stereocenters. The van der Waals surface area contributed by atoms with Gasteiger partial charge in [-0.25, -0.2) is 0 Å². The minimum atomic E-state index is 0.768. The van der Waals surface area contributed by atoms with Gasteiger partial charge in [-0.1, -0.05) is 40.5 Å². The zero-order valence-electron chi connectivity index (χ0n) is 10.2. The Bertz CT molecular complexity index is 380. The van der Waals surface area contributed by atoms with Gasteiger partial charge in [-0.05, 0) is 55.7 Å². The number of benzene rings is 1. The number of hydrogen-bond acceptors (Lipinski definition) is 1. The molecule has 2 saturated carbocycles. The average Bonchev–Trinajstić information content (AvgIpc) is 2.20. The molecule has 17 heavy (non-hydrogen) atoms. The van der Waals surface area contributed by atoms with Gasteiger partial charge in [-0.2, -0.15) is 0 Å². The average molecular weight is 294 g/mol. The Hall–Kier alpha value is -0.340. The molecular formula is C15H20BrN. The van der Waals surface area contributed by atoms with Crippen LogP contribution in [0, 0.1) is 5.92 Å². The van der Waals surface area contributed by atoms with Gasteiger partial charge < -0.3 is 5.32 Å². The lowest BCUT2D eigenvalue weighted by molar-refractivity contribution is 0.237. The normalized spacial score (nSPS) is 28.5. The Balaban J connectivity index is 1.46. The maximum absolute atomic E-state index is 3.72. The van der Waals surface area contributed by atoms with Crippen molar-refractivity contribution in [1.82, 2.24) is 5.32 Å². The predicted molar refractivity (Wildman–Crippen MR) is 75.2 cm³/mol. The molecule has 2 fully saturated rings. The van der Waals surface area contributed by atoms with Gasteiger partial charge in [-0.15, -0.1) is 0 Å². The van der Waals surface area contributed by atoms with Crippen molar-refractivity contribution in [3.8, 4) is 0 Å². The summed E-state index contributed by atoms with van der Waals surface area (Å²) in [6, 6.07) is 9.43. The summed E-state index contributed by atoms with van der Waals surface area (Å²) in [5.74, 6) is 1.75. The maximum atomic E-state index is 3.72. The third kappa shape index (κ3) is 2.58. The molecule has 0 saturated heterocycles. The summed E-state index contributed by atoms with van der Waals surface area (Å²) in [5.41, 5.74) is 1.49. The smallest absolute Gasteiger partial charge is 0.0210 e. The van der Waals surface area contributed by atoms with Crippen molar-refractivity contribution >= 4 is 15.9 Å². The molecule has 0 spiro atoms. The van der Waals surface area contributed by atoms with Gasteiger partial charge in [0.05, 0.1) is 0 Å². The number of halogens is 1. The summed E-state index contributed by atoms with van der Waals surface area (Å²) < 4.78 is 1.28. The first-order valence-electron chi connectivity index (χ1n) is 6.80. The summed E-state index contributed by atoms with van der Waals surface area (Å²) >= 11 is 3.65. The number of nitrogens with one attached hydrogen (secondary N) is 1. The fourth-order valence-corrected chi connectivity index (χ4v) is 3.48. The third-order valence-electron chi connectivity index (χ3n) is 4.40. The van der Waals surface area contributed by atoms with E-state index >= 15 is 0 Å². The topological polar surface area (TPSA) is 12.0 Å². The summed E-state index contributed by atoms with van der Waals surface area (Å²) in [6.45, 7) is 1.26.